The van der Waals surface area contributed by atoms with E-state index in [1.807, 2.05) is 91.0 Å². The van der Waals surface area contributed by atoms with Crippen LogP contribution >= 0.6 is 0 Å². The van der Waals surface area contributed by atoms with Crippen molar-refractivity contribution in [1.82, 2.24) is 0 Å². The average molecular weight is 338 g/mol. The Balaban J connectivity index is 1.60. The highest BCUT2D eigenvalue weighted by Crippen LogP contribution is 2.34. The van der Waals surface area contributed by atoms with Crippen LogP contribution in [0.2, 0.25) is 0 Å². The molecule has 126 valence electrons. The summed E-state index contributed by atoms with van der Waals surface area (Å²) >= 11 is 0. The molecule has 26 heavy (non-hydrogen) atoms. The van der Waals surface area contributed by atoms with E-state index in [2.05, 4.69) is 18.2 Å². The Morgan fingerprint density at radius 1 is 0.423 bits per heavy atom. The molecule has 0 aromatic heterocycles. The molecule has 0 amide bonds. The normalized spacial score (nSPS) is 10.3. The van der Waals surface area contributed by atoms with Crippen LogP contribution < -0.4 is 9.47 Å². The smallest absolute Gasteiger partial charge is 0.135 e. The number of hydrogen-bond donors (Lipinski definition) is 0. The van der Waals surface area contributed by atoms with Crippen LogP contribution in [-0.4, -0.2) is 0 Å². The van der Waals surface area contributed by atoms with Gasteiger partial charge in [-0.25, -0.2) is 0 Å². The molecule has 2 heteroatoms. The number of para-hydroxylation sites is 2. The minimum Gasteiger partial charge on any atom is -0.457 e. The predicted molar refractivity (Wildman–Crippen MR) is 105 cm³/mol. The first-order valence-corrected chi connectivity index (χ1v) is 8.54. The lowest BCUT2D eigenvalue weighted by Gasteiger charge is -2.12. The van der Waals surface area contributed by atoms with Gasteiger partial charge in [-0.1, -0.05) is 72.8 Å². The van der Waals surface area contributed by atoms with Gasteiger partial charge in [0.05, 0.1) is 0 Å². The summed E-state index contributed by atoms with van der Waals surface area (Å²) in [5.41, 5.74) is 2.18. The highest BCUT2D eigenvalue weighted by Gasteiger charge is 2.07. The molecule has 4 aromatic carbocycles. The Kier molecular flexibility index (Phi) is 4.66. The predicted octanol–water partition coefficient (Wildman–Crippen LogP) is 6.94. The number of benzene rings is 4. The fourth-order valence-corrected chi connectivity index (χ4v) is 2.76. The second-order valence-corrected chi connectivity index (χ2v) is 5.85. The minimum absolute atomic E-state index is 0.738. The summed E-state index contributed by atoms with van der Waals surface area (Å²) in [7, 11) is 0. The van der Waals surface area contributed by atoms with E-state index in [1.165, 1.54) is 0 Å². The van der Waals surface area contributed by atoms with Crippen LogP contribution in [0.1, 0.15) is 0 Å². The van der Waals surface area contributed by atoms with Crippen molar-refractivity contribution in [3.63, 3.8) is 0 Å². The Bertz CT molecular complexity index is 979. The second kappa shape index (κ2) is 7.58. The lowest BCUT2D eigenvalue weighted by atomic mass is 10.1. The maximum Gasteiger partial charge on any atom is 0.135 e. The number of rotatable bonds is 5. The van der Waals surface area contributed by atoms with Gasteiger partial charge in [0.2, 0.25) is 0 Å². The number of hydrogen-bond acceptors (Lipinski definition) is 2. The summed E-state index contributed by atoms with van der Waals surface area (Å²) < 4.78 is 12.1. The minimum atomic E-state index is 0.738. The highest BCUT2D eigenvalue weighted by atomic mass is 16.5. The average Bonchev–Trinajstić information content (AvgIpc) is 2.70. The van der Waals surface area contributed by atoms with E-state index >= 15 is 0 Å². The molecule has 0 saturated heterocycles. The van der Waals surface area contributed by atoms with E-state index in [0.717, 1.165) is 34.1 Å². The Labute approximate surface area is 153 Å². The van der Waals surface area contributed by atoms with Crippen LogP contribution in [-0.2, 0) is 0 Å². The first-order chi connectivity index (χ1) is 12.9. The summed E-state index contributed by atoms with van der Waals surface area (Å²) in [6.45, 7) is 0. The van der Waals surface area contributed by atoms with Crippen LogP contribution in [0.3, 0.4) is 0 Å². The highest BCUT2D eigenvalue weighted by molar-refractivity contribution is 5.70. The quantitative estimate of drug-likeness (QED) is 0.392. The standard InChI is InChI=1S/C24H18O2/c1-3-10-19(11-4-1)23-16-7-8-17-24(23)26-22-15-9-14-21(18-22)25-20-12-5-2-6-13-20/h1-18H. The fourth-order valence-electron chi connectivity index (χ4n) is 2.76. The van der Waals surface area contributed by atoms with Gasteiger partial charge in [-0.15, -0.1) is 0 Å². The van der Waals surface area contributed by atoms with Crippen molar-refractivity contribution in [2.45, 2.75) is 0 Å². The van der Waals surface area contributed by atoms with Gasteiger partial charge < -0.3 is 9.47 Å². The third-order valence-electron chi connectivity index (χ3n) is 3.98. The molecule has 0 radical (unpaired) electrons. The molecule has 0 saturated carbocycles. The zero-order valence-corrected chi connectivity index (χ0v) is 14.2. The molecule has 0 unspecified atom stereocenters. The molecule has 4 aromatic rings. The monoisotopic (exact) mass is 338 g/mol. The van der Waals surface area contributed by atoms with E-state index in [-0.39, 0.29) is 0 Å². The molecule has 0 bridgehead atoms. The van der Waals surface area contributed by atoms with Crippen molar-refractivity contribution >= 4 is 0 Å². The van der Waals surface area contributed by atoms with Crippen LogP contribution in [0.4, 0.5) is 0 Å². The van der Waals surface area contributed by atoms with Gasteiger partial charge in [0.1, 0.15) is 23.0 Å². The van der Waals surface area contributed by atoms with E-state index in [1.54, 1.807) is 0 Å². The van der Waals surface area contributed by atoms with Gasteiger partial charge in [-0.05, 0) is 35.9 Å². The summed E-state index contributed by atoms with van der Waals surface area (Å²) in [5, 5.41) is 0. The Hall–Kier alpha value is -3.52. The largest absolute Gasteiger partial charge is 0.457 e. The van der Waals surface area contributed by atoms with Gasteiger partial charge in [0.15, 0.2) is 0 Å². The topological polar surface area (TPSA) is 18.5 Å². The molecule has 0 aliphatic rings. The third kappa shape index (κ3) is 3.76. The molecule has 0 heterocycles. The van der Waals surface area contributed by atoms with Gasteiger partial charge in [-0.2, -0.15) is 0 Å². The van der Waals surface area contributed by atoms with Crippen molar-refractivity contribution in [2.75, 3.05) is 0 Å². The van der Waals surface area contributed by atoms with E-state index in [0.29, 0.717) is 0 Å². The molecule has 0 aliphatic heterocycles. The lowest BCUT2D eigenvalue weighted by Crippen LogP contribution is -1.89. The fraction of sp³-hybridized carbons (Fsp3) is 0. The molecule has 4 rings (SSSR count). The van der Waals surface area contributed by atoms with Crippen LogP contribution in [0.25, 0.3) is 11.1 Å². The zero-order valence-electron chi connectivity index (χ0n) is 14.2. The van der Waals surface area contributed by atoms with Gasteiger partial charge in [0.25, 0.3) is 0 Å². The lowest BCUT2D eigenvalue weighted by molar-refractivity contribution is 0.461. The van der Waals surface area contributed by atoms with Gasteiger partial charge in [-0.3, -0.25) is 0 Å². The molecular weight excluding hydrogens is 320 g/mol. The SMILES string of the molecule is c1ccc(Oc2cccc(Oc3ccccc3-c3ccccc3)c2)cc1. The summed E-state index contributed by atoms with van der Waals surface area (Å²) in [6.07, 6.45) is 0. The molecular formula is C24H18O2. The van der Waals surface area contributed by atoms with Gasteiger partial charge in [0, 0.05) is 11.6 Å². The third-order valence-corrected chi connectivity index (χ3v) is 3.98. The maximum atomic E-state index is 6.16. The Morgan fingerprint density at radius 3 is 1.77 bits per heavy atom. The van der Waals surface area contributed by atoms with Crippen LogP contribution in [0.5, 0.6) is 23.0 Å². The first kappa shape index (κ1) is 16.0. The van der Waals surface area contributed by atoms with Crippen LogP contribution in [0.15, 0.2) is 109 Å². The molecule has 2 nitrogen and oxygen atoms in total. The first-order valence-electron chi connectivity index (χ1n) is 8.54. The summed E-state index contributed by atoms with van der Waals surface area (Å²) in [6, 6.07) is 35.7. The molecule has 0 fully saturated rings. The van der Waals surface area contributed by atoms with E-state index in [4.69, 9.17) is 9.47 Å². The zero-order chi connectivity index (χ0) is 17.6. The molecule has 0 atom stereocenters. The van der Waals surface area contributed by atoms with Crippen LogP contribution in [0, 0.1) is 0 Å². The van der Waals surface area contributed by atoms with Crippen molar-refractivity contribution in [2.24, 2.45) is 0 Å². The maximum absolute atomic E-state index is 6.16. The second-order valence-electron chi connectivity index (χ2n) is 5.85. The van der Waals surface area contributed by atoms with Crippen molar-refractivity contribution in [3.05, 3.63) is 109 Å². The van der Waals surface area contributed by atoms with Crippen molar-refractivity contribution in [3.8, 4) is 34.1 Å². The number of ether oxygens (including phenoxy) is 2. The molecule has 0 aliphatic carbocycles. The Morgan fingerprint density at radius 2 is 1.00 bits per heavy atom. The van der Waals surface area contributed by atoms with Crippen molar-refractivity contribution < 1.29 is 9.47 Å². The van der Waals surface area contributed by atoms with E-state index < -0.39 is 0 Å². The molecule has 0 N–H and O–H groups in total. The molecule has 0 spiro atoms. The van der Waals surface area contributed by atoms with Gasteiger partial charge >= 0.3 is 0 Å². The van der Waals surface area contributed by atoms with Crippen molar-refractivity contribution in [1.29, 1.82) is 0 Å². The summed E-state index contributed by atoms with van der Waals surface area (Å²) in [4.78, 5) is 0. The van der Waals surface area contributed by atoms with E-state index in [9.17, 15) is 0 Å². The summed E-state index contributed by atoms with van der Waals surface area (Å²) in [5.74, 6) is 3.10.